The molecular weight excluding hydrogens is 279 g/mol. The van der Waals surface area contributed by atoms with Crippen LogP contribution in [-0.4, -0.2) is 11.5 Å². The van der Waals surface area contributed by atoms with Crippen LogP contribution in [0.3, 0.4) is 0 Å². The highest BCUT2D eigenvalue weighted by Crippen LogP contribution is 2.21. The lowest BCUT2D eigenvalue weighted by molar-refractivity contribution is 0.810. The Bertz CT molecular complexity index is 529. The second-order valence-corrected chi connectivity index (χ2v) is 4.91. The van der Waals surface area contributed by atoms with Gasteiger partial charge in [0.1, 0.15) is 5.82 Å². The Kier molecular flexibility index (Phi) is 5.06. The lowest BCUT2D eigenvalue weighted by Crippen LogP contribution is -2.23. The quantitative estimate of drug-likeness (QED) is 0.755. The van der Waals surface area contributed by atoms with Crippen LogP contribution in [0.1, 0.15) is 18.2 Å². The fraction of sp³-hybridized carbons (Fsp3) is 0.267. The van der Waals surface area contributed by atoms with Crippen LogP contribution in [0, 0.1) is 0 Å². The SMILES string of the molecule is CCN(Cc1ccccc1)c1ccc(Cl)c(CCl)n1. The molecular formula is C15H16Cl2N2. The summed E-state index contributed by atoms with van der Waals surface area (Å²) in [5.41, 5.74) is 1.99. The van der Waals surface area contributed by atoms with Crippen molar-refractivity contribution in [1.82, 2.24) is 4.98 Å². The van der Waals surface area contributed by atoms with Crippen LogP contribution in [0.15, 0.2) is 42.5 Å². The number of aromatic nitrogens is 1. The number of anilines is 1. The molecule has 0 amide bonds. The Balaban J connectivity index is 2.22. The van der Waals surface area contributed by atoms with Crippen LogP contribution in [0.25, 0.3) is 0 Å². The first-order chi connectivity index (χ1) is 9.24. The zero-order valence-electron chi connectivity index (χ0n) is 10.8. The van der Waals surface area contributed by atoms with E-state index in [9.17, 15) is 0 Å². The van der Waals surface area contributed by atoms with Crippen molar-refractivity contribution in [3.05, 3.63) is 58.7 Å². The zero-order valence-corrected chi connectivity index (χ0v) is 12.3. The molecule has 2 rings (SSSR count). The third kappa shape index (κ3) is 3.62. The van der Waals surface area contributed by atoms with E-state index in [4.69, 9.17) is 23.2 Å². The number of hydrogen-bond donors (Lipinski definition) is 0. The lowest BCUT2D eigenvalue weighted by atomic mass is 10.2. The fourth-order valence-electron chi connectivity index (χ4n) is 1.90. The summed E-state index contributed by atoms with van der Waals surface area (Å²) in [6.45, 7) is 3.82. The summed E-state index contributed by atoms with van der Waals surface area (Å²) in [4.78, 5) is 6.72. The number of benzene rings is 1. The number of hydrogen-bond acceptors (Lipinski definition) is 2. The number of pyridine rings is 1. The van der Waals surface area contributed by atoms with Crippen molar-refractivity contribution in [3.63, 3.8) is 0 Å². The molecule has 0 aliphatic carbocycles. The smallest absolute Gasteiger partial charge is 0.129 e. The highest BCUT2D eigenvalue weighted by Gasteiger charge is 2.09. The summed E-state index contributed by atoms with van der Waals surface area (Å²) in [6, 6.07) is 14.1. The van der Waals surface area contributed by atoms with E-state index in [-0.39, 0.29) is 0 Å². The maximum atomic E-state index is 6.04. The maximum Gasteiger partial charge on any atom is 0.129 e. The fourth-order valence-corrected chi connectivity index (χ4v) is 2.35. The molecule has 0 unspecified atom stereocenters. The summed E-state index contributed by atoms with van der Waals surface area (Å²) in [5, 5.41) is 0.620. The first-order valence-electron chi connectivity index (χ1n) is 6.25. The summed E-state index contributed by atoms with van der Waals surface area (Å²) >= 11 is 11.9. The number of halogens is 2. The van der Waals surface area contributed by atoms with E-state index in [1.165, 1.54) is 5.56 Å². The van der Waals surface area contributed by atoms with Gasteiger partial charge in [-0.05, 0) is 24.6 Å². The molecule has 0 atom stereocenters. The summed E-state index contributed by atoms with van der Waals surface area (Å²) in [5.74, 6) is 1.24. The third-order valence-corrected chi connectivity index (χ3v) is 3.55. The monoisotopic (exact) mass is 294 g/mol. The van der Waals surface area contributed by atoms with Crippen LogP contribution in [0.5, 0.6) is 0 Å². The van der Waals surface area contributed by atoms with E-state index in [0.717, 1.165) is 24.6 Å². The average Bonchev–Trinajstić information content (AvgIpc) is 2.46. The zero-order chi connectivity index (χ0) is 13.7. The molecule has 0 saturated carbocycles. The lowest BCUT2D eigenvalue weighted by Gasteiger charge is -2.22. The van der Waals surface area contributed by atoms with Crippen molar-refractivity contribution in [2.24, 2.45) is 0 Å². The van der Waals surface area contributed by atoms with Gasteiger partial charge in [0.25, 0.3) is 0 Å². The molecule has 1 aromatic heterocycles. The van der Waals surface area contributed by atoms with Crippen molar-refractivity contribution in [2.45, 2.75) is 19.3 Å². The predicted octanol–water partition coefficient (Wildman–Crippen LogP) is 4.50. The van der Waals surface area contributed by atoms with Crippen LogP contribution in [-0.2, 0) is 12.4 Å². The Morgan fingerprint density at radius 2 is 1.84 bits per heavy atom. The van der Waals surface area contributed by atoms with Gasteiger partial charge in [0.15, 0.2) is 0 Å². The standard InChI is InChI=1S/C15H16Cl2N2/c1-2-19(11-12-6-4-3-5-7-12)15-9-8-13(17)14(10-16)18-15/h3-9H,2,10-11H2,1H3. The predicted molar refractivity (Wildman–Crippen MR) is 82.0 cm³/mol. The molecule has 0 fully saturated rings. The minimum absolute atomic E-state index is 0.329. The maximum absolute atomic E-state index is 6.04. The van der Waals surface area contributed by atoms with Gasteiger partial charge in [-0.2, -0.15) is 0 Å². The largest absolute Gasteiger partial charge is 0.353 e. The highest BCUT2D eigenvalue weighted by molar-refractivity contribution is 6.32. The van der Waals surface area contributed by atoms with Gasteiger partial charge in [-0.3, -0.25) is 0 Å². The molecule has 2 aromatic rings. The minimum Gasteiger partial charge on any atom is -0.353 e. The minimum atomic E-state index is 0.329. The van der Waals surface area contributed by atoms with Crippen molar-refractivity contribution in [1.29, 1.82) is 0 Å². The van der Waals surface area contributed by atoms with E-state index in [2.05, 4.69) is 28.9 Å². The van der Waals surface area contributed by atoms with Crippen molar-refractivity contribution < 1.29 is 0 Å². The van der Waals surface area contributed by atoms with E-state index >= 15 is 0 Å². The normalized spacial score (nSPS) is 10.5. The molecule has 1 heterocycles. The van der Waals surface area contributed by atoms with Gasteiger partial charge in [-0.15, -0.1) is 11.6 Å². The Morgan fingerprint density at radius 1 is 1.11 bits per heavy atom. The van der Waals surface area contributed by atoms with Gasteiger partial charge in [0, 0.05) is 13.1 Å². The number of alkyl halides is 1. The van der Waals surface area contributed by atoms with Gasteiger partial charge >= 0.3 is 0 Å². The topological polar surface area (TPSA) is 16.1 Å². The molecule has 4 heteroatoms. The van der Waals surface area contributed by atoms with Gasteiger partial charge in [-0.25, -0.2) is 4.98 Å². The van der Waals surface area contributed by atoms with Gasteiger partial charge in [0.05, 0.1) is 16.6 Å². The number of rotatable bonds is 5. The van der Waals surface area contributed by atoms with E-state index in [1.54, 1.807) is 0 Å². The Hall–Kier alpha value is -1.25. The van der Waals surface area contributed by atoms with E-state index < -0.39 is 0 Å². The molecule has 0 radical (unpaired) electrons. The van der Waals surface area contributed by atoms with Crippen molar-refractivity contribution in [2.75, 3.05) is 11.4 Å². The average molecular weight is 295 g/mol. The molecule has 0 spiro atoms. The molecule has 0 bridgehead atoms. The van der Waals surface area contributed by atoms with E-state index in [1.807, 2.05) is 30.3 Å². The molecule has 100 valence electrons. The Labute approximate surface area is 124 Å². The molecule has 19 heavy (non-hydrogen) atoms. The molecule has 0 aliphatic heterocycles. The first kappa shape index (κ1) is 14.2. The van der Waals surface area contributed by atoms with Gasteiger partial charge in [0.2, 0.25) is 0 Å². The molecule has 0 saturated heterocycles. The van der Waals surface area contributed by atoms with Crippen LogP contribution in [0.4, 0.5) is 5.82 Å². The second kappa shape index (κ2) is 6.78. The molecule has 0 N–H and O–H groups in total. The van der Waals surface area contributed by atoms with Gasteiger partial charge in [-0.1, -0.05) is 41.9 Å². The summed E-state index contributed by atoms with van der Waals surface area (Å²) in [7, 11) is 0. The van der Waals surface area contributed by atoms with Crippen LogP contribution >= 0.6 is 23.2 Å². The van der Waals surface area contributed by atoms with Crippen LogP contribution in [0.2, 0.25) is 5.02 Å². The summed E-state index contributed by atoms with van der Waals surface area (Å²) < 4.78 is 0. The van der Waals surface area contributed by atoms with Crippen molar-refractivity contribution in [3.8, 4) is 0 Å². The molecule has 2 nitrogen and oxygen atoms in total. The Morgan fingerprint density at radius 3 is 2.47 bits per heavy atom. The van der Waals surface area contributed by atoms with Crippen molar-refractivity contribution >= 4 is 29.0 Å². The molecule has 0 aliphatic rings. The van der Waals surface area contributed by atoms with Gasteiger partial charge < -0.3 is 4.90 Å². The highest BCUT2D eigenvalue weighted by atomic mass is 35.5. The number of nitrogens with zero attached hydrogens (tertiary/aromatic N) is 2. The van der Waals surface area contributed by atoms with Crippen LogP contribution < -0.4 is 4.90 Å². The van der Waals surface area contributed by atoms with E-state index in [0.29, 0.717) is 10.9 Å². The third-order valence-electron chi connectivity index (χ3n) is 2.95. The first-order valence-corrected chi connectivity index (χ1v) is 7.16. The summed E-state index contributed by atoms with van der Waals surface area (Å²) in [6.07, 6.45) is 0. The second-order valence-electron chi connectivity index (χ2n) is 4.23. The molecule has 1 aromatic carbocycles.